The minimum absolute atomic E-state index is 0.172. The molecule has 0 aliphatic carbocycles. The van der Waals surface area contributed by atoms with Crippen molar-refractivity contribution in [3.8, 4) is 11.1 Å². The zero-order valence-electron chi connectivity index (χ0n) is 14.1. The molecule has 1 unspecified atom stereocenters. The van der Waals surface area contributed by atoms with Crippen LogP contribution in [0.15, 0.2) is 53.5 Å². The van der Waals surface area contributed by atoms with E-state index in [1.807, 2.05) is 24.9 Å². The van der Waals surface area contributed by atoms with Gasteiger partial charge in [-0.3, -0.25) is 0 Å². The Labute approximate surface area is 145 Å². The fraction of sp³-hybridized carbons (Fsp3) is 0.316. The van der Waals surface area contributed by atoms with Gasteiger partial charge < -0.3 is 10.6 Å². The van der Waals surface area contributed by atoms with Crippen LogP contribution in [0.4, 0.5) is 13.2 Å². The number of hydrogen-bond acceptors (Lipinski definition) is 3. The minimum Gasteiger partial charge on any atom is -0.370 e. The van der Waals surface area contributed by atoms with E-state index in [9.17, 15) is 13.2 Å². The van der Waals surface area contributed by atoms with Crippen molar-refractivity contribution in [2.24, 2.45) is 10.7 Å². The number of guanidine groups is 1. The maximum absolute atomic E-state index is 13.3. The number of rotatable bonds is 2. The summed E-state index contributed by atoms with van der Waals surface area (Å²) >= 11 is 0. The summed E-state index contributed by atoms with van der Waals surface area (Å²) in [6.07, 6.45) is -3.65. The van der Waals surface area contributed by atoms with Gasteiger partial charge in [-0.1, -0.05) is 36.4 Å². The Kier molecular flexibility index (Phi) is 4.22. The van der Waals surface area contributed by atoms with Gasteiger partial charge in [0.2, 0.25) is 0 Å². The number of benzene rings is 2. The van der Waals surface area contributed by atoms with Crippen molar-refractivity contribution >= 4 is 5.96 Å². The molecule has 0 spiro atoms. The molecule has 2 N–H and O–H groups in total. The van der Waals surface area contributed by atoms with E-state index in [2.05, 4.69) is 4.99 Å². The molecular formula is C19H20F3N3. The topological polar surface area (TPSA) is 41.6 Å². The second kappa shape index (κ2) is 6.10. The highest BCUT2D eigenvalue weighted by atomic mass is 19.4. The molecule has 25 heavy (non-hydrogen) atoms. The SMILES string of the molecule is CN1CCC(C)(c2cccc(-c3ccccc3C(F)(F)F)c2)N=C1N. The lowest BCUT2D eigenvalue weighted by Crippen LogP contribution is -2.43. The van der Waals surface area contributed by atoms with Crippen LogP contribution < -0.4 is 5.73 Å². The number of nitrogens with two attached hydrogens (primary N) is 1. The van der Waals surface area contributed by atoms with Gasteiger partial charge in [-0.15, -0.1) is 0 Å². The lowest BCUT2D eigenvalue weighted by molar-refractivity contribution is -0.137. The Balaban J connectivity index is 2.08. The smallest absolute Gasteiger partial charge is 0.370 e. The summed E-state index contributed by atoms with van der Waals surface area (Å²) in [5.74, 6) is 0.440. The fourth-order valence-electron chi connectivity index (χ4n) is 3.11. The zero-order valence-corrected chi connectivity index (χ0v) is 14.1. The molecule has 0 bridgehead atoms. The highest BCUT2D eigenvalue weighted by Gasteiger charge is 2.34. The van der Waals surface area contributed by atoms with Gasteiger partial charge in [0.25, 0.3) is 0 Å². The van der Waals surface area contributed by atoms with Crippen molar-refractivity contribution in [3.05, 3.63) is 59.7 Å². The summed E-state index contributed by atoms with van der Waals surface area (Å²) in [7, 11) is 1.87. The molecule has 3 nitrogen and oxygen atoms in total. The Morgan fingerprint density at radius 3 is 2.52 bits per heavy atom. The minimum atomic E-state index is -4.40. The van der Waals surface area contributed by atoms with Crippen LogP contribution in [0.25, 0.3) is 11.1 Å². The summed E-state index contributed by atoms with van der Waals surface area (Å²) in [4.78, 5) is 6.44. The molecule has 1 aliphatic rings. The Bertz CT molecular complexity index is 814. The van der Waals surface area contributed by atoms with Gasteiger partial charge in [0.15, 0.2) is 5.96 Å². The second-order valence-electron chi connectivity index (χ2n) is 6.54. The van der Waals surface area contributed by atoms with Gasteiger partial charge in [-0.25, -0.2) is 4.99 Å². The molecule has 6 heteroatoms. The summed E-state index contributed by atoms with van der Waals surface area (Å²) in [5.41, 5.74) is 6.33. The van der Waals surface area contributed by atoms with Gasteiger partial charge in [0.05, 0.1) is 11.1 Å². The molecular weight excluding hydrogens is 327 g/mol. The second-order valence-corrected chi connectivity index (χ2v) is 6.54. The van der Waals surface area contributed by atoms with Gasteiger partial charge in [0, 0.05) is 13.6 Å². The lowest BCUT2D eigenvalue weighted by Gasteiger charge is -2.35. The van der Waals surface area contributed by atoms with E-state index >= 15 is 0 Å². The van der Waals surface area contributed by atoms with Crippen LogP contribution in [0.2, 0.25) is 0 Å². The maximum Gasteiger partial charge on any atom is 0.417 e. The number of hydrogen-bond donors (Lipinski definition) is 1. The van der Waals surface area contributed by atoms with Crippen molar-refractivity contribution in [2.75, 3.05) is 13.6 Å². The lowest BCUT2D eigenvalue weighted by atomic mass is 9.86. The zero-order chi connectivity index (χ0) is 18.2. The van der Waals surface area contributed by atoms with Gasteiger partial charge in [0.1, 0.15) is 0 Å². The Morgan fingerprint density at radius 2 is 1.84 bits per heavy atom. The number of alkyl halides is 3. The highest BCUT2D eigenvalue weighted by Crippen LogP contribution is 2.39. The van der Waals surface area contributed by atoms with E-state index in [0.29, 0.717) is 11.5 Å². The van der Waals surface area contributed by atoms with Gasteiger partial charge >= 0.3 is 6.18 Å². The van der Waals surface area contributed by atoms with Crippen molar-refractivity contribution in [1.82, 2.24) is 4.90 Å². The van der Waals surface area contributed by atoms with Crippen LogP contribution in [-0.4, -0.2) is 24.5 Å². The summed E-state index contributed by atoms with van der Waals surface area (Å²) < 4.78 is 39.9. The van der Waals surface area contributed by atoms with Crippen LogP contribution in [0, 0.1) is 0 Å². The average Bonchev–Trinajstić information content (AvgIpc) is 2.58. The van der Waals surface area contributed by atoms with E-state index in [4.69, 9.17) is 5.73 Å². The molecule has 2 aromatic carbocycles. The third kappa shape index (κ3) is 3.34. The first-order chi connectivity index (χ1) is 11.7. The van der Waals surface area contributed by atoms with Crippen LogP contribution in [0.1, 0.15) is 24.5 Å². The van der Waals surface area contributed by atoms with Crippen LogP contribution in [-0.2, 0) is 11.7 Å². The third-order valence-electron chi connectivity index (χ3n) is 4.71. The average molecular weight is 347 g/mol. The summed E-state index contributed by atoms with van der Waals surface area (Å²) in [6.45, 7) is 2.71. The molecule has 1 atom stereocenters. The largest absolute Gasteiger partial charge is 0.417 e. The van der Waals surface area contributed by atoms with Crippen LogP contribution in [0.3, 0.4) is 0 Å². The van der Waals surface area contributed by atoms with E-state index < -0.39 is 17.3 Å². The predicted molar refractivity (Wildman–Crippen MR) is 93.1 cm³/mol. The molecule has 1 aliphatic heterocycles. The third-order valence-corrected chi connectivity index (χ3v) is 4.71. The molecule has 0 radical (unpaired) electrons. The summed E-state index contributed by atoms with van der Waals surface area (Å²) in [5, 5.41) is 0. The first kappa shape index (κ1) is 17.3. The summed E-state index contributed by atoms with van der Waals surface area (Å²) in [6, 6.07) is 12.8. The first-order valence-corrected chi connectivity index (χ1v) is 8.04. The fourth-order valence-corrected chi connectivity index (χ4v) is 3.11. The number of aliphatic imine (C=N–C) groups is 1. The number of nitrogens with zero attached hydrogens (tertiary/aromatic N) is 2. The quantitative estimate of drug-likeness (QED) is 0.883. The van der Waals surface area contributed by atoms with E-state index in [1.54, 1.807) is 24.3 Å². The Morgan fingerprint density at radius 1 is 1.12 bits per heavy atom. The number of halogens is 3. The van der Waals surface area contributed by atoms with E-state index in [-0.39, 0.29) is 5.56 Å². The molecule has 0 amide bonds. The molecule has 132 valence electrons. The van der Waals surface area contributed by atoms with Gasteiger partial charge in [-0.2, -0.15) is 13.2 Å². The molecule has 0 aromatic heterocycles. The van der Waals surface area contributed by atoms with Crippen molar-refractivity contribution in [3.63, 3.8) is 0 Å². The van der Waals surface area contributed by atoms with E-state index in [0.717, 1.165) is 24.6 Å². The van der Waals surface area contributed by atoms with Crippen LogP contribution in [0.5, 0.6) is 0 Å². The van der Waals surface area contributed by atoms with Crippen LogP contribution >= 0.6 is 0 Å². The van der Waals surface area contributed by atoms with Gasteiger partial charge in [-0.05, 0) is 42.2 Å². The standard InChI is InChI=1S/C19H20F3N3/c1-18(10-11-25(2)17(23)24-18)14-7-5-6-13(12-14)15-8-3-4-9-16(15)19(20,21)22/h3-9,12H,10-11H2,1-2H3,(H2,23,24). The molecule has 0 fully saturated rings. The van der Waals surface area contributed by atoms with Crippen molar-refractivity contribution in [1.29, 1.82) is 0 Å². The normalized spacial score (nSPS) is 21.2. The molecule has 2 aromatic rings. The monoisotopic (exact) mass is 347 g/mol. The molecule has 0 saturated heterocycles. The molecule has 1 heterocycles. The van der Waals surface area contributed by atoms with Crippen molar-refractivity contribution < 1.29 is 13.2 Å². The highest BCUT2D eigenvalue weighted by molar-refractivity contribution is 5.79. The Hall–Kier alpha value is -2.50. The molecule has 3 rings (SSSR count). The van der Waals surface area contributed by atoms with Crippen molar-refractivity contribution in [2.45, 2.75) is 25.1 Å². The predicted octanol–water partition coefficient (Wildman–Crippen LogP) is 4.24. The molecule has 0 saturated carbocycles. The maximum atomic E-state index is 13.3. The first-order valence-electron chi connectivity index (χ1n) is 8.04. The van der Waals surface area contributed by atoms with E-state index in [1.165, 1.54) is 12.1 Å².